The van der Waals surface area contributed by atoms with Crippen molar-refractivity contribution in [1.29, 1.82) is 0 Å². The summed E-state index contributed by atoms with van der Waals surface area (Å²) < 4.78 is 5.51. The number of hydrogen-bond donors (Lipinski definition) is 1. The van der Waals surface area contributed by atoms with Crippen molar-refractivity contribution in [1.82, 2.24) is 25.3 Å². The van der Waals surface area contributed by atoms with Crippen LogP contribution in [0.2, 0.25) is 0 Å². The van der Waals surface area contributed by atoms with Crippen LogP contribution in [0.3, 0.4) is 0 Å². The molecule has 2 saturated heterocycles. The highest BCUT2D eigenvalue weighted by Crippen LogP contribution is 2.24. The molecule has 7 nitrogen and oxygen atoms in total. The van der Waals surface area contributed by atoms with E-state index >= 15 is 0 Å². The first kappa shape index (κ1) is 21.0. The molecule has 0 radical (unpaired) electrons. The van der Waals surface area contributed by atoms with E-state index in [2.05, 4.69) is 37.4 Å². The summed E-state index contributed by atoms with van der Waals surface area (Å²) in [5.74, 6) is 1.67. The fourth-order valence-corrected chi connectivity index (χ4v) is 4.71. The number of amides is 1. The molecule has 7 heteroatoms. The predicted molar refractivity (Wildman–Crippen MR) is 115 cm³/mol. The van der Waals surface area contributed by atoms with Crippen molar-refractivity contribution in [2.24, 2.45) is 5.92 Å². The SMILES string of the molecule is Cc1nnc(CN2CCC(N3CCC[C@H](C(=O)NCCc4ccccc4)C3)CC2)o1. The van der Waals surface area contributed by atoms with Gasteiger partial charge in [-0.25, -0.2) is 0 Å². The van der Waals surface area contributed by atoms with Gasteiger partial charge in [-0.05, 0) is 44.2 Å². The van der Waals surface area contributed by atoms with Crippen LogP contribution in [0.1, 0.15) is 43.0 Å². The Morgan fingerprint density at radius 1 is 1.13 bits per heavy atom. The van der Waals surface area contributed by atoms with Crippen LogP contribution in [-0.2, 0) is 17.8 Å². The van der Waals surface area contributed by atoms with E-state index in [-0.39, 0.29) is 11.8 Å². The van der Waals surface area contributed by atoms with Gasteiger partial charge in [0.05, 0.1) is 12.5 Å². The second-order valence-corrected chi connectivity index (χ2v) is 8.58. The van der Waals surface area contributed by atoms with Gasteiger partial charge in [-0.1, -0.05) is 30.3 Å². The Morgan fingerprint density at radius 2 is 1.93 bits per heavy atom. The van der Waals surface area contributed by atoms with E-state index < -0.39 is 0 Å². The lowest BCUT2D eigenvalue weighted by Gasteiger charge is -2.41. The van der Waals surface area contributed by atoms with Crippen molar-refractivity contribution in [2.75, 3.05) is 32.7 Å². The number of carbonyl (C=O) groups is 1. The van der Waals surface area contributed by atoms with Gasteiger partial charge in [-0.3, -0.25) is 14.6 Å². The largest absolute Gasteiger partial charge is 0.424 e. The third-order valence-electron chi connectivity index (χ3n) is 6.38. The molecular weight excluding hydrogens is 378 g/mol. The lowest BCUT2D eigenvalue weighted by atomic mass is 9.93. The first-order valence-corrected chi connectivity index (χ1v) is 11.2. The molecule has 0 aliphatic carbocycles. The zero-order chi connectivity index (χ0) is 20.8. The average molecular weight is 412 g/mol. The van der Waals surface area contributed by atoms with Gasteiger partial charge in [0.2, 0.25) is 17.7 Å². The van der Waals surface area contributed by atoms with E-state index in [1.54, 1.807) is 0 Å². The highest BCUT2D eigenvalue weighted by atomic mass is 16.4. The zero-order valence-electron chi connectivity index (χ0n) is 17.9. The number of rotatable bonds is 7. The maximum Gasteiger partial charge on any atom is 0.230 e. The molecule has 4 rings (SSSR count). The van der Waals surface area contributed by atoms with Crippen molar-refractivity contribution < 1.29 is 9.21 Å². The molecule has 162 valence electrons. The Hall–Kier alpha value is -2.25. The van der Waals surface area contributed by atoms with Gasteiger partial charge in [0, 0.05) is 39.1 Å². The Kier molecular flexibility index (Phi) is 7.12. The molecule has 3 heterocycles. The number of nitrogens with zero attached hydrogens (tertiary/aromatic N) is 4. The van der Waals surface area contributed by atoms with Crippen molar-refractivity contribution in [3.63, 3.8) is 0 Å². The third kappa shape index (κ3) is 5.67. The number of carbonyl (C=O) groups excluding carboxylic acids is 1. The average Bonchev–Trinajstić information content (AvgIpc) is 3.19. The highest BCUT2D eigenvalue weighted by Gasteiger charge is 2.31. The summed E-state index contributed by atoms with van der Waals surface area (Å²) in [5, 5.41) is 11.2. The normalized spacial score (nSPS) is 21.6. The van der Waals surface area contributed by atoms with Crippen molar-refractivity contribution in [3.05, 3.63) is 47.7 Å². The maximum atomic E-state index is 12.7. The number of likely N-dealkylation sites (tertiary alicyclic amines) is 2. The van der Waals surface area contributed by atoms with E-state index in [1.165, 1.54) is 5.56 Å². The van der Waals surface area contributed by atoms with E-state index in [1.807, 2.05) is 25.1 Å². The minimum Gasteiger partial charge on any atom is -0.424 e. The first-order valence-electron chi connectivity index (χ1n) is 11.2. The zero-order valence-corrected chi connectivity index (χ0v) is 17.9. The molecule has 0 spiro atoms. The summed E-state index contributed by atoms with van der Waals surface area (Å²) in [5.41, 5.74) is 1.27. The fraction of sp³-hybridized carbons (Fsp3) is 0.609. The van der Waals surface area contributed by atoms with Gasteiger partial charge in [0.1, 0.15) is 0 Å². The molecule has 2 fully saturated rings. The van der Waals surface area contributed by atoms with Crippen LogP contribution in [0.5, 0.6) is 0 Å². The molecule has 30 heavy (non-hydrogen) atoms. The number of benzene rings is 1. The van der Waals surface area contributed by atoms with Crippen LogP contribution >= 0.6 is 0 Å². The van der Waals surface area contributed by atoms with Gasteiger partial charge < -0.3 is 9.73 Å². The summed E-state index contributed by atoms with van der Waals surface area (Å²) in [6, 6.07) is 10.9. The number of piperidine rings is 2. The van der Waals surface area contributed by atoms with Gasteiger partial charge in [-0.2, -0.15) is 0 Å². The standard InChI is InChI=1S/C23H33N5O2/c1-18-25-26-22(30-18)17-27-14-10-21(11-15-27)28-13-5-8-20(16-28)23(29)24-12-9-19-6-3-2-4-7-19/h2-4,6-7,20-21H,5,8-17H2,1H3,(H,24,29)/t20-/m0/s1. The smallest absolute Gasteiger partial charge is 0.230 e. The van der Waals surface area contributed by atoms with Crippen molar-refractivity contribution >= 4 is 5.91 Å². The topological polar surface area (TPSA) is 74.5 Å². The molecule has 1 aromatic carbocycles. The van der Waals surface area contributed by atoms with E-state index in [0.717, 1.165) is 64.8 Å². The van der Waals surface area contributed by atoms with E-state index in [4.69, 9.17) is 4.42 Å². The first-order chi connectivity index (χ1) is 14.7. The number of nitrogens with one attached hydrogen (secondary N) is 1. The molecule has 1 amide bonds. The van der Waals surface area contributed by atoms with Gasteiger partial charge in [-0.15, -0.1) is 10.2 Å². The third-order valence-corrected chi connectivity index (χ3v) is 6.38. The molecular formula is C23H33N5O2. The maximum absolute atomic E-state index is 12.7. The summed E-state index contributed by atoms with van der Waals surface area (Å²) >= 11 is 0. The monoisotopic (exact) mass is 411 g/mol. The van der Waals surface area contributed by atoms with E-state index in [9.17, 15) is 4.79 Å². The summed E-state index contributed by atoms with van der Waals surface area (Å²) in [6.07, 6.45) is 5.27. The predicted octanol–water partition coefficient (Wildman–Crippen LogP) is 2.41. The molecule has 1 aromatic heterocycles. The van der Waals surface area contributed by atoms with Gasteiger partial charge >= 0.3 is 0 Å². The summed E-state index contributed by atoms with van der Waals surface area (Å²) in [7, 11) is 0. The Bertz CT molecular complexity index is 801. The van der Waals surface area contributed by atoms with Crippen LogP contribution in [0.4, 0.5) is 0 Å². The minimum absolute atomic E-state index is 0.119. The molecule has 1 N–H and O–H groups in total. The number of aromatic nitrogens is 2. The van der Waals surface area contributed by atoms with Crippen LogP contribution in [0.15, 0.2) is 34.7 Å². The lowest BCUT2D eigenvalue weighted by molar-refractivity contribution is -0.127. The minimum atomic E-state index is 0.119. The quantitative estimate of drug-likeness (QED) is 0.754. The van der Waals surface area contributed by atoms with Gasteiger partial charge in [0.25, 0.3) is 0 Å². The highest BCUT2D eigenvalue weighted by molar-refractivity contribution is 5.79. The van der Waals surface area contributed by atoms with Crippen LogP contribution < -0.4 is 5.32 Å². The number of hydrogen-bond acceptors (Lipinski definition) is 6. The second-order valence-electron chi connectivity index (χ2n) is 8.58. The molecule has 1 atom stereocenters. The fourth-order valence-electron chi connectivity index (χ4n) is 4.71. The van der Waals surface area contributed by atoms with Crippen molar-refractivity contribution in [2.45, 2.75) is 51.6 Å². The molecule has 2 aliphatic heterocycles. The Balaban J connectivity index is 1.19. The molecule has 0 saturated carbocycles. The summed E-state index contributed by atoms with van der Waals surface area (Å²) in [6.45, 7) is 7.36. The van der Waals surface area contributed by atoms with Crippen molar-refractivity contribution in [3.8, 4) is 0 Å². The van der Waals surface area contributed by atoms with Crippen LogP contribution in [-0.4, -0.2) is 64.7 Å². The van der Waals surface area contributed by atoms with Crippen LogP contribution in [0, 0.1) is 12.8 Å². The van der Waals surface area contributed by atoms with E-state index in [0.29, 0.717) is 24.4 Å². The van der Waals surface area contributed by atoms with Gasteiger partial charge in [0.15, 0.2) is 0 Å². The molecule has 2 aliphatic rings. The lowest BCUT2D eigenvalue weighted by Crippen LogP contribution is -2.50. The number of aryl methyl sites for hydroxylation is 1. The Morgan fingerprint density at radius 3 is 2.67 bits per heavy atom. The molecule has 0 bridgehead atoms. The summed E-state index contributed by atoms with van der Waals surface area (Å²) in [4.78, 5) is 17.6. The second kappa shape index (κ2) is 10.2. The Labute approximate surface area is 178 Å². The molecule has 2 aromatic rings. The molecule has 0 unspecified atom stereocenters. The van der Waals surface area contributed by atoms with Crippen LogP contribution in [0.25, 0.3) is 0 Å².